The van der Waals surface area contributed by atoms with Crippen LogP contribution in [0.25, 0.3) is 11.0 Å². The molecule has 1 saturated heterocycles. The van der Waals surface area contributed by atoms with Crippen molar-refractivity contribution in [2.45, 2.75) is 26.4 Å². The maximum absolute atomic E-state index is 10.5. The van der Waals surface area contributed by atoms with Crippen LogP contribution in [0.1, 0.15) is 17.3 Å². The number of aliphatic hydroxyl groups excluding tert-OH is 1. The summed E-state index contributed by atoms with van der Waals surface area (Å²) < 4.78 is 7.03. The quantitative estimate of drug-likeness (QED) is 0.767. The molecule has 0 bridgehead atoms. The molecule has 0 aliphatic carbocycles. The lowest BCUT2D eigenvalue weighted by atomic mass is 10.0. The Morgan fingerprint density at radius 2 is 2.12 bits per heavy atom. The van der Waals surface area contributed by atoms with Crippen LogP contribution < -0.4 is 4.90 Å². The molecule has 0 aromatic carbocycles. The lowest BCUT2D eigenvalue weighted by Crippen LogP contribution is -2.23. The molecule has 0 radical (unpaired) electrons. The van der Waals surface area contributed by atoms with Gasteiger partial charge >= 0.3 is 0 Å². The normalized spacial score (nSPS) is 21.1. The fraction of sp³-hybridized carbons (Fsp3) is 0.500. The molecular formula is C16H20N6O2. The van der Waals surface area contributed by atoms with E-state index in [4.69, 9.17) is 4.52 Å². The number of rotatable bonds is 3. The van der Waals surface area contributed by atoms with Gasteiger partial charge in [-0.15, -0.1) is 0 Å². The first-order valence-corrected chi connectivity index (χ1v) is 8.03. The number of aryl methyl sites for hydroxylation is 3. The molecule has 1 fully saturated rings. The van der Waals surface area contributed by atoms with E-state index in [1.165, 1.54) is 0 Å². The molecule has 0 amide bonds. The Balaban J connectivity index is 1.62. The van der Waals surface area contributed by atoms with Gasteiger partial charge in [-0.1, -0.05) is 5.16 Å². The van der Waals surface area contributed by atoms with Crippen molar-refractivity contribution in [3.63, 3.8) is 0 Å². The Bertz CT molecular complexity index is 886. The summed E-state index contributed by atoms with van der Waals surface area (Å²) in [6, 6.07) is 1.92. The summed E-state index contributed by atoms with van der Waals surface area (Å²) in [5.74, 6) is 2.42. The van der Waals surface area contributed by atoms with E-state index < -0.39 is 6.10 Å². The Labute approximate surface area is 139 Å². The third kappa shape index (κ3) is 2.52. The molecule has 126 valence electrons. The SMILES string of the molecule is Cc1cc(C[C@@H]2CN(c3nc(C)nc4c3cnn4C)C[C@@H]2O)on1. The molecule has 4 rings (SSSR count). The standard InChI is InChI=1S/C16H20N6O2/c1-9-4-12(24-20-9)5-11-7-22(8-14(11)23)16-13-6-17-21(3)15(13)18-10(2)19-16/h4,6,11,14,23H,5,7-8H2,1-3H3/t11-,14+/m1/s1. The average Bonchev–Trinajstić information content (AvgIpc) is 3.21. The van der Waals surface area contributed by atoms with Crippen LogP contribution in [-0.2, 0) is 13.5 Å². The summed E-state index contributed by atoms with van der Waals surface area (Å²) in [4.78, 5) is 11.2. The van der Waals surface area contributed by atoms with E-state index in [1.54, 1.807) is 10.9 Å². The molecule has 1 aliphatic rings. The third-order valence-corrected chi connectivity index (χ3v) is 4.53. The van der Waals surface area contributed by atoms with Gasteiger partial charge in [-0.3, -0.25) is 4.68 Å². The highest BCUT2D eigenvalue weighted by atomic mass is 16.5. The van der Waals surface area contributed by atoms with E-state index in [9.17, 15) is 5.11 Å². The van der Waals surface area contributed by atoms with Crippen molar-refractivity contribution >= 4 is 16.9 Å². The smallest absolute Gasteiger partial charge is 0.163 e. The predicted octanol–water partition coefficient (Wildman–Crippen LogP) is 1.01. The summed E-state index contributed by atoms with van der Waals surface area (Å²) in [7, 11) is 1.87. The average molecular weight is 328 g/mol. The van der Waals surface area contributed by atoms with Crippen molar-refractivity contribution in [3.8, 4) is 0 Å². The van der Waals surface area contributed by atoms with E-state index in [0.29, 0.717) is 25.3 Å². The van der Waals surface area contributed by atoms with Crippen LogP contribution >= 0.6 is 0 Å². The Morgan fingerprint density at radius 1 is 1.29 bits per heavy atom. The molecule has 2 atom stereocenters. The highest BCUT2D eigenvalue weighted by Gasteiger charge is 2.34. The van der Waals surface area contributed by atoms with Crippen LogP contribution in [0.15, 0.2) is 16.8 Å². The largest absolute Gasteiger partial charge is 0.391 e. The molecular weight excluding hydrogens is 308 g/mol. The number of fused-ring (bicyclic) bond motifs is 1. The number of aromatic nitrogens is 5. The van der Waals surface area contributed by atoms with Crippen molar-refractivity contribution in [3.05, 3.63) is 29.5 Å². The summed E-state index contributed by atoms with van der Waals surface area (Å²) >= 11 is 0. The van der Waals surface area contributed by atoms with E-state index in [2.05, 4.69) is 25.1 Å². The minimum absolute atomic E-state index is 0.0827. The molecule has 8 nitrogen and oxygen atoms in total. The zero-order valence-electron chi connectivity index (χ0n) is 14.0. The molecule has 4 heterocycles. The number of anilines is 1. The van der Waals surface area contributed by atoms with Crippen molar-refractivity contribution in [2.24, 2.45) is 13.0 Å². The van der Waals surface area contributed by atoms with Crippen molar-refractivity contribution in [1.29, 1.82) is 0 Å². The molecule has 1 aliphatic heterocycles. The Morgan fingerprint density at radius 3 is 2.88 bits per heavy atom. The number of nitrogens with zero attached hydrogens (tertiary/aromatic N) is 6. The lowest BCUT2D eigenvalue weighted by molar-refractivity contribution is 0.143. The van der Waals surface area contributed by atoms with Gasteiger partial charge in [-0.2, -0.15) is 5.10 Å². The van der Waals surface area contributed by atoms with Crippen LogP contribution in [-0.4, -0.2) is 49.2 Å². The van der Waals surface area contributed by atoms with Crippen molar-refractivity contribution < 1.29 is 9.63 Å². The van der Waals surface area contributed by atoms with Gasteiger partial charge in [-0.05, 0) is 13.8 Å². The van der Waals surface area contributed by atoms with Crippen molar-refractivity contribution in [1.82, 2.24) is 24.9 Å². The van der Waals surface area contributed by atoms with Crippen LogP contribution in [0.3, 0.4) is 0 Å². The maximum Gasteiger partial charge on any atom is 0.163 e. The van der Waals surface area contributed by atoms with Gasteiger partial charge in [-0.25, -0.2) is 9.97 Å². The first-order valence-electron chi connectivity index (χ1n) is 8.03. The first-order chi connectivity index (χ1) is 11.5. The van der Waals surface area contributed by atoms with E-state index in [-0.39, 0.29) is 5.92 Å². The molecule has 0 unspecified atom stereocenters. The highest BCUT2D eigenvalue weighted by molar-refractivity contribution is 5.87. The Kier molecular flexibility index (Phi) is 3.49. The molecule has 3 aromatic heterocycles. The van der Waals surface area contributed by atoms with E-state index >= 15 is 0 Å². The Hall–Kier alpha value is -2.48. The van der Waals surface area contributed by atoms with Gasteiger partial charge in [0.25, 0.3) is 0 Å². The number of hydrogen-bond acceptors (Lipinski definition) is 7. The molecule has 1 N–H and O–H groups in total. The minimum Gasteiger partial charge on any atom is -0.391 e. The highest BCUT2D eigenvalue weighted by Crippen LogP contribution is 2.30. The molecule has 0 spiro atoms. The summed E-state index contributed by atoms with van der Waals surface area (Å²) in [5.41, 5.74) is 1.67. The van der Waals surface area contributed by atoms with E-state index in [0.717, 1.165) is 28.3 Å². The second kappa shape index (κ2) is 5.55. The van der Waals surface area contributed by atoms with Crippen LogP contribution in [0.2, 0.25) is 0 Å². The van der Waals surface area contributed by atoms with Gasteiger partial charge in [0.1, 0.15) is 17.4 Å². The lowest BCUT2D eigenvalue weighted by Gasteiger charge is -2.18. The van der Waals surface area contributed by atoms with Gasteiger partial charge in [0, 0.05) is 38.5 Å². The fourth-order valence-electron chi connectivity index (χ4n) is 3.35. The molecule has 8 heteroatoms. The van der Waals surface area contributed by atoms with Gasteiger partial charge in [0.2, 0.25) is 0 Å². The maximum atomic E-state index is 10.5. The van der Waals surface area contributed by atoms with Crippen molar-refractivity contribution in [2.75, 3.05) is 18.0 Å². The topological polar surface area (TPSA) is 93.1 Å². The molecule has 3 aromatic rings. The second-order valence-electron chi connectivity index (χ2n) is 6.47. The van der Waals surface area contributed by atoms with Crippen LogP contribution in [0.5, 0.6) is 0 Å². The second-order valence-corrected chi connectivity index (χ2v) is 6.47. The summed E-state index contributed by atoms with van der Waals surface area (Å²) in [5, 5.41) is 19.6. The molecule has 24 heavy (non-hydrogen) atoms. The number of β-amino-alcohol motifs (C(OH)–C–C–N with tert-alkyl or cyclic N) is 1. The first kappa shape index (κ1) is 15.1. The van der Waals surface area contributed by atoms with Gasteiger partial charge in [0.15, 0.2) is 5.65 Å². The van der Waals surface area contributed by atoms with Gasteiger partial charge < -0.3 is 14.5 Å². The monoisotopic (exact) mass is 328 g/mol. The van der Waals surface area contributed by atoms with Gasteiger partial charge in [0.05, 0.1) is 23.4 Å². The zero-order chi connectivity index (χ0) is 16.8. The zero-order valence-corrected chi connectivity index (χ0v) is 14.0. The summed E-state index contributed by atoms with van der Waals surface area (Å²) in [6.07, 6.45) is 2.01. The van der Waals surface area contributed by atoms with E-state index in [1.807, 2.05) is 27.0 Å². The predicted molar refractivity (Wildman–Crippen MR) is 87.7 cm³/mol. The minimum atomic E-state index is -0.433. The number of aliphatic hydroxyl groups is 1. The fourth-order valence-corrected chi connectivity index (χ4v) is 3.35. The third-order valence-electron chi connectivity index (χ3n) is 4.53. The molecule has 0 saturated carbocycles. The number of hydrogen-bond donors (Lipinski definition) is 1. The summed E-state index contributed by atoms with van der Waals surface area (Å²) in [6.45, 7) is 5.02. The van der Waals surface area contributed by atoms with Crippen LogP contribution in [0, 0.1) is 19.8 Å². The van der Waals surface area contributed by atoms with Crippen LogP contribution in [0.4, 0.5) is 5.82 Å².